The van der Waals surface area contributed by atoms with Crippen LogP contribution in [0.3, 0.4) is 0 Å². The SMILES string of the molecule is COc1cc(Br)cc2c1CC(=O)C2. The Labute approximate surface area is 85.0 Å². The number of benzene rings is 1. The number of fused-ring (bicyclic) bond motifs is 1. The quantitative estimate of drug-likeness (QED) is 0.752. The van der Waals surface area contributed by atoms with Gasteiger partial charge < -0.3 is 4.74 Å². The second-order valence-corrected chi connectivity index (χ2v) is 4.05. The third-order valence-corrected chi connectivity index (χ3v) is 2.71. The molecule has 0 N–H and O–H groups in total. The van der Waals surface area contributed by atoms with E-state index in [-0.39, 0.29) is 5.78 Å². The zero-order valence-electron chi connectivity index (χ0n) is 7.26. The number of methoxy groups -OCH3 is 1. The molecule has 0 heterocycles. The molecule has 0 unspecified atom stereocenters. The number of ketones is 1. The molecule has 68 valence electrons. The maximum Gasteiger partial charge on any atom is 0.141 e. The first-order valence-corrected chi connectivity index (χ1v) is 4.87. The highest BCUT2D eigenvalue weighted by Crippen LogP contribution is 2.32. The molecule has 2 rings (SSSR count). The first kappa shape index (κ1) is 8.75. The van der Waals surface area contributed by atoms with Crippen LogP contribution in [0.1, 0.15) is 11.1 Å². The number of rotatable bonds is 1. The summed E-state index contributed by atoms with van der Waals surface area (Å²) in [6.45, 7) is 0. The van der Waals surface area contributed by atoms with Crippen LogP contribution in [0.25, 0.3) is 0 Å². The van der Waals surface area contributed by atoms with E-state index in [0.717, 1.165) is 21.3 Å². The van der Waals surface area contributed by atoms with Gasteiger partial charge in [-0.25, -0.2) is 0 Å². The molecule has 0 bridgehead atoms. The number of halogens is 1. The Bertz CT molecular complexity index is 371. The molecular weight excluding hydrogens is 232 g/mol. The van der Waals surface area contributed by atoms with E-state index in [9.17, 15) is 4.79 Å². The van der Waals surface area contributed by atoms with Crippen LogP contribution in [0.15, 0.2) is 16.6 Å². The standard InChI is InChI=1S/C10H9BrO2/c1-13-10-4-7(11)2-6-3-8(12)5-9(6)10/h2,4H,3,5H2,1H3. The Morgan fingerprint density at radius 1 is 1.38 bits per heavy atom. The van der Waals surface area contributed by atoms with Gasteiger partial charge >= 0.3 is 0 Å². The van der Waals surface area contributed by atoms with Crippen molar-refractivity contribution in [2.45, 2.75) is 12.8 Å². The van der Waals surface area contributed by atoms with Crippen LogP contribution in [0.2, 0.25) is 0 Å². The zero-order valence-corrected chi connectivity index (χ0v) is 8.85. The molecule has 3 heteroatoms. The van der Waals surface area contributed by atoms with E-state index in [4.69, 9.17) is 4.74 Å². The summed E-state index contributed by atoms with van der Waals surface area (Å²) in [5.74, 6) is 1.08. The van der Waals surface area contributed by atoms with E-state index < -0.39 is 0 Å². The lowest BCUT2D eigenvalue weighted by molar-refractivity contribution is -0.117. The molecule has 2 nitrogen and oxygen atoms in total. The summed E-state index contributed by atoms with van der Waals surface area (Å²) in [5.41, 5.74) is 2.15. The highest BCUT2D eigenvalue weighted by molar-refractivity contribution is 9.10. The summed E-state index contributed by atoms with van der Waals surface area (Å²) in [4.78, 5) is 11.2. The molecule has 0 spiro atoms. The molecule has 13 heavy (non-hydrogen) atoms. The Morgan fingerprint density at radius 2 is 2.15 bits per heavy atom. The number of carbonyl (C=O) groups is 1. The monoisotopic (exact) mass is 240 g/mol. The maximum atomic E-state index is 11.2. The van der Waals surface area contributed by atoms with Crippen molar-refractivity contribution < 1.29 is 9.53 Å². The topological polar surface area (TPSA) is 26.3 Å². The van der Waals surface area contributed by atoms with E-state index in [1.165, 1.54) is 0 Å². The Morgan fingerprint density at radius 3 is 2.85 bits per heavy atom. The van der Waals surface area contributed by atoms with Crippen molar-refractivity contribution >= 4 is 21.7 Å². The first-order chi connectivity index (χ1) is 6.20. The lowest BCUT2D eigenvalue weighted by atomic mass is 10.1. The summed E-state index contributed by atoms with van der Waals surface area (Å²) in [5, 5.41) is 0. The van der Waals surface area contributed by atoms with Crippen LogP contribution >= 0.6 is 15.9 Å². The van der Waals surface area contributed by atoms with E-state index in [1.54, 1.807) is 7.11 Å². The minimum absolute atomic E-state index is 0.270. The molecule has 0 aromatic heterocycles. The molecule has 0 amide bonds. The van der Waals surface area contributed by atoms with Crippen molar-refractivity contribution in [3.8, 4) is 5.75 Å². The number of ether oxygens (including phenoxy) is 1. The summed E-state index contributed by atoms with van der Waals surface area (Å²) >= 11 is 3.39. The van der Waals surface area contributed by atoms with E-state index in [2.05, 4.69) is 15.9 Å². The van der Waals surface area contributed by atoms with Gasteiger partial charge in [0.1, 0.15) is 11.5 Å². The Balaban J connectivity index is 2.56. The van der Waals surface area contributed by atoms with Gasteiger partial charge in [-0.15, -0.1) is 0 Å². The molecule has 1 aliphatic rings. The molecule has 0 saturated heterocycles. The summed E-state index contributed by atoms with van der Waals surface area (Å²) in [6.07, 6.45) is 1.07. The van der Waals surface area contributed by atoms with Gasteiger partial charge in [-0.05, 0) is 17.7 Å². The third kappa shape index (κ3) is 1.48. The molecular formula is C10H9BrO2. The second kappa shape index (κ2) is 3.14. The van der Waals surface area contributed by atoms with Crippen molar-refractivity contribution in [2.24, 2.45) is 0 Å². The molecule has 1 aliphatic carbocycles. The van der Waals surface area contributed by atoms with E-state index >= 15 is 0 Å². The van der Waals surface area contributed by atoms with Crippen LogP contribution in [0, 0.1) is 0 Å². The van der Waals surface area contributed by atoms with Gasteiger partial charge in [0.05, 0.1) is 7.11 Å². The van der Waals surface area contributed by atoms with Gasteiger partial charge in [-0.3, -0.25) is 4.79 Å². The zero-order chi connectivity index (χ0) is 9.42. The number of hydrogen-bond donors (Lipinski definition) is 0. The highest BCUT2D eigenvalue weighted by Gasteiger charge is 2.22. The van der Waals surface area contributed by atoms with Crippen LogP contribution in [-0.4, -0.2) is 12.9 Å². The smallest absolute Gasteiger partial charge is 0.141 e. The maximum absolute atomic E-state index is 11.2. The lowest BCUT2D eigenvalue weighted by Crippen LogP contribution is -1.94. The average Bonchev–Trinajstić information content (AvgIpc) is 2.43. The molecule has 0 fully saturated rings. The highest BCUT2D eigenvalue weighted by atomic mass is 79.9. The fourth-order valence-electron chi connectivity index (χ4n) is 1.68. The van der Waals surface area contributed by atoms with Crippen LogP contribution < -0.4 is 4.74 Å². The van der Waals surface area contributed by atoms with Gasteiger partial charge in [0.15, 0.2) is 0 Å². The van der Waals surface area contributed by atoms with Gasteiger partial charge in [0, 0.05) is 22.9 Å². The first-order valence-electron chi connectivity index (χ1n) is 4.07. The van der Waals surface area contributed by atoms with Gasteiger partial charge in [0.2, 0.25) is 0 Å². The number of hydrogen-bond acceptors (Lipinski definition) is 2. The lowest BCUT2D eigenvalue weighted by Gasteiger charge is -2.06. The molecule has 0 aliphatic heterocycles. The van der Waals surface area contributed by atoms with E-state index in [0.29, 0.717) is 12.8 Å². The van der Waals surface area contributed by atoms with Crippen molar-refractivity contribution in [2.75, 3.05) is 7.11 Å². The minimum Gasteiger partial charge on any atom is -0.496 e. The molecule has 1 aromatic carbocycles. The Kier molecular flexibility index (Phi) is 2.12. The van der Waals surface area contributed by atoms with Gasteiger partial charge in [0.25, 0.3) is 0 Å². The molecule has 0 radical (unpaired) electrons. The minimum atomic E-state index is 0.270. The third-order valence-electron chi connectivity index (χ3n) is 2.25. The average molecular weight is 241 g/mol. The fourth-order valence-corrected chi connectivity index (χ4v) is 2.16. The van der Waals surface area contributed by atoms with Gasteiger partial charge in [-0.2, -0.15) is 0 Å². The van der Waals surface area contributed by atoms with Crippen molar-refractivity contribution in [1.29, 1.82) is 0 Å². The Hall–Kier alpha value is -0.830. The molecule has 0 atom stereocenters. The van der Waals surface area contributed by atoms with Crippen molar-refractivity contribution in [3.05, 3.63) is 27.7 Å². The van der Waals surface area contributed by atoms with Crippen molar-refractivity contribution in [1.82, 2.24) is 0 Å². The number of carbonyl (C=O) groups excluding carboxylic acids is 1. The summed E-state index contributed by atoms with van der Waals surface area (Å²) in [6, 6.07) is 3.89. The number of Topliss-reactive ketones (excluding diaryl/α,β-unsaturated/α-hetero) is 1. The van der Waals surface area contributed by atoms with Crippen LogP contribution in [-0.2, 0) is 17.6 Å². The second-order valence-electron chi connectivity index (χ2n) is 3.14. The predicted molar refractivity (Wildman–Crippen MR) is 53.1 cm³/mol. The van der Waals surface area contributed by atoms with Crippen LogP contribution in [0.4, 0.5) is 0 Å². The largest absolute Gasteiger partial charge is 0.496 e. The summed E-state index contributed by atoms with van der Waals surface area (Å²) < 4.78 is 6.17. The van der Waals surface area contributed by atoms with Gasteiger partial charge in [-0.1, -0.05) is 15.9 Å². The summed E-state index contributed by atoms with van der Waals surface area (Å²) in [7, 11) is 1.63. The van der Waals surface area contributed by atoms with Crippen molar-refractivity contribution in [3.63, 3.8) is 0 Å². The fraction of sp³-hybridized carbons (Fsp3) is 0.300. The van der Waals surface area contributed by atoms with E-state index in [1.807, 2.05) is 12.1 Å². The van der Waals surface area contributed by atoms with Crippen LogP contribution in [0.5, 0.6) is 5.75 Å². The molecule has 0 saturated carbocycles. The molecule has 1 aromatic rings. The normalized spacial score (nSPS) is 14.5. The predicted octanol–water partition coefficient (Wildman–Crippen LogP) is 2.13.